The third-order valence-electron chi connectivity index (χ3n) is 2.99. The summed E-state index contributed by atoms with van der Waals surface area (Å²) in [7, 11) is 0. The third-order valence-corrected chi connectivity index (χ3v) is 2.99. The first-order valence-electron chi connectivity index (χ1n) is 6.16. The standard InChI is InChI=1S/C14H18F3NO2/c1-13(2,3)11(8-12(19)20)18-10-7-5-4-6-9(10)14(15,16)17/h4-7,11,18H,8H2,1-3H3,(H,19,20). The summed E-state index contributed by atoms with van der Waals surface area (Å²) in [5, 5.41) is 11.6. The maximum Gasteiger partial charge on any atom is 0.418 e. The number of alkyl halides is 3. The first-order valence-corrected chi connectivity index (χ1v) is 6.16. The highest BCUT2D eigenvalue weighted by atomic mass is 19.4. The number of aliphatic carboxylic acids is 1. The summed E-state index contributed by atoms with van der Waals surface area (Å²) in [5.74, 6) is -1.05. The molecule has 1 rings (SSSR count). The SMILES string of the molecule is CC(C)(C)C(CC(=O)O)Nc1ccccc1C(F)(F)F. The van der Waals surface area contributed by atoms with E-state index in [1.165, 1.54) is 18.2 Å². The van der Waals surface area contributed by atoms with Gasteiger partial charge in [0.2, 0.25) is 0 Å². The van der Waals surface area contributed by atoms with E-state index in [-0.39, 0.29) is 12.1 Å². The smallest absolute Gasteiger partial charge is 0.418 e. The average molecular weight is 289 g/mol. The molecule has 1 unspecified atom stereocenters. The van der Waals surface area contributed by atoms with Crippen LogP contribution in [0.25, 0.3) is 0 Å². The Balaban J connectivity index is 3.09. The van der Waals surface area contributed by atoms with Crippen LogP contribution in [0.5, 0.6) is 0 Å². The minimum Gasteiger partial charge on any atom is -0.481 e. The summed E-state index contributed by atoms with van der Waals surface area (Å²) in [5.41, 5.74) is -1.38. The topological polar surface area (TPSA) is 49.3 Å². The van der Waals surface area contributed by atoms with Crippen LogP contribution >= 0.6 is 0 Å². The normalized spacial score (nSPS) is 13.9. The van der Waals surface area contributed by atoms with Gasteiger partial charge in [0.1, 0.15) is 0 Å². The predicted octanol–water partition coefficient (Wildman–Crippen LogP) is 4.01. The molecule has 0 spiro atoms. The number of hydrogen-bond donors (Lipinski definition) is 2. The van der Waals surface area contributed by atoms with Crippen LogP contribution in [0.15, 0.2) is 24.3 Å². The first kappa shape index (κ1) is 16.3. The minimum atomic E-state index is -4.48. The molecule has 0 aliphatic carbocycles. The number of rotatable bonds is 4. The van der Waals surface area contributed by atoms with Gasteiger partial charge in [-0.1, -0.05) is 32.9 Å². The number of benzene rings is 1. The van der Waals surface area contributed by atoms with Gasteiger partial charge in [0.05, 0.1) is 12.0 Å². The summed E-state index contributed by atoms with van der Waals surface area (Å²) in [6.07, 6.45) is -4.73. The van der Waals surface area contributed by atoms with E-state index in [9.17, 15) is 18.0 Å². The lowest BCUT2D eigenvalue weighted by Crippen LogP contribution is -2.36. The van der Waals surface area contributed by atoms with E-state index in [0.29, 0.717) is 0 Å². The zero-order valence-electron chi connectivity index (χ0n) is 11.6. The van der Waals surface area contributed by atoms with E-state index in [1.54, 1.807) is 20.8 Å². The number of carboxylic acids is 1. The number of hydrogen-bond acceptors (Lipinski definition) is 2. The molecular weight excluding hydrogens is 271 g/mol. The van der Waals surface area contributed by atoms with Crippen LogP contribution in [0.1, 0.15) is 32.8 Å². The lowest BCUT2D eigenvalue weighted by atomic mass is 9.84. The van der Waals surface area contributed by atoms with E-state index in [4.69, 9.17) is 5.11 Å². The molecule has 2 N–H and O–H groups in total. The Morgan fingerprint density at radius 3 is 2.25 bits per heavy atom. The van der Waals surface area contributed by atoms with Crippen LogP contribution in [0.4, 0.5) is 18.9 Å². The Morgan fingerprint density at radius 2 is 1.80 bits per heavy atom. The number of para-hydroxylation sites is 1. The largest absolute Gasteiger partial charge is 0.481 e. The zero-order chi connectivity index (χ0) is 15.6. The second-order valence-corrected chi connectivity index (χ2v) is 5.70. The van der Waals surface area contributed by atoms with Crippen LogP contribution in [0.3, 0.4) is 0 Å². The molecule has 0 aliphatic rings. The van der Waals surface area contributed by atoms with Crippen LogP contribution in [-0.4, -0.2) is 17.1 Å². The van der Waals surface area contributed by atoms with Crippen molar-refractivity contribution in [2.45, 2.75) is 39.4 Å². The fourth-order valence-corrected chi connectivity index (χ4v) is 1.79. The molecule has 0 fully saturated rings. The van der Waals surface area contributed by atoms with Crippen molar-refractivity contribution in [3.05, 3.63) is 29.8 Å². The summed E-state index contributed by atoms with van der Waals surface area (Å²) in [6, 6.07) is 4.46. The monoisotopic (exact) mass is 289 g/mol. The molecule has 112 valence electrons. The second kappa shape index (κ2) is 5.73. The van der Waals surface area contributed by atoms with Gasteiger partial charge in [0.15, 0.2) is 0 Å². The van der Waals surface area contributed by atoms with Crippen molar-refractivity contribution in [3.8, 4) is 0 Å². The van der Waals surface area contributed by atoms with Gasteiger partial charge >= 0.3 is 12.1 Å². The molecule has 1 aromatic carbocycles. The zero-order valence-corrected chi connectivity index (χ0v) is 11.6. The van der Waals surface area contributed by atoms with Gasteiger partial charge in [0, 0.05) is 11.7 Å². The number of carbonyl (C=O) groups is 1. The average Bonchev–Trinajstić information content (AvgIpc) is 2.25. The molecular formula is C14H18F3NO2. The second-order valence-electron chi connectivity index (χ2n) is 5.70. The molecule has 1 aromatic rings. The van der Waals surface area contributed by atoms with Gasteiger partial charge in [-0.25, -0.2) is 0 Å². The van der Waals surface area contributed by atoms with E-state index in [2.05, 4.69) is 5.32 Å². The lowest BCUT2D eigenvalue weighted by molar-refractivity contribution is -0.137. The molecule has 0 aromatic heterocycles. The molecule has 0 saturated carbocycles. The van der Waals surface area contributed by atoms with Gasteiger partial charge in [0.25, 0.3) is 0 Å². The van der Waals surface area contributed by atoms with Crippen molar-refractivity contribution >= 4 is 11.7 Å². The van der Waals surface area contributed by atoms with Gasteiger partial charge in [-0.2, -0.15) is 13.2 Å². The van der Waals surface area contributed by atoms with E-state index in [0.717, 1.165) is 6.07 Å². The molecule has 20 heavy (non-hydrogen) atoms. The quantitative estimate of drug-likeness (QED) is 0.880. The lowest BCUT2D eigenvalue weighted by Gasteiger charge is -2.32. The van der Waals surface area contributed by atoms with Gasteiger partial charge in [-0.3, -0.25) is 4.79 Å². The molecule has 0 radical (unpaired) electrons. The number of carboxylic acid groups (broad SMARTS) is 1. The highest BCUT2D eigenvalue weighted by molar-refractivity contribution is 5.69. The summed E-state index contributed by atoms with van der Waals surface area (Å²) >= 11 is 0. The van der Waals surface area contributed by atoms with Crippen molar-refractivity contribution in [1.29, 1.82) is 0 Å². The van der Waals surface area contributed by atoms with Crippen LogP contribution in [-0.2, 0) is 11.0 Å². The first-order chi connectivity index (χ1) is 9.01. The summed E-state index contributed by atoms with van der Waals surface area (Å²) in [6.45, 7) is 5.34. The molecule has 6 heteroatoms. The highest BCUT2D eigenvalue weighted by Gasteiger charge is 2.35. The van der Waals surface area contributed by atoms with Crippen molar-refractivity contribution < 1.29 is 23.1 Å². The maximum absolute atomic E-state index is 12.9. The molecule has 1 atom stereocenters. The number of anilines is 1. The molecule has 0 aliphatic heterocycles. The van der Waals surface area contributed by atoms with E-state index >= 15 is 0 Å². The molecule has 3 nitrogen and oxygen atoms in total. The Labute approximate surface area is 115 Å². The number of halogens is 3. The van der Waals surface area contributed by atoms with Gasteiger partial charge < -0.3 is 10.4 Å². The van der Waals surface area contributed by atoms with Crippen LogP contribution in [0, 0.1) is 5.41 Å². The Kier molecular flexibility index (Phi) is 4.68. The van der Waals surface area contributed by atoms with E-state index in [1.807, 2.05) is 0 Å². The molecule has 0 heterocycles. The molecule has 0 bridgehead atoms. The van der Waals surface area contributed by atoms with Crippen LogP contribution < -0.4 is 5.32 Å². The van der Waals surface area contributed by atoms with Crippen molar-refractivity contribution in [2.24, 2.45) is 5.41 Å². The fraction of sp³-hybridized carbons (Fsp3) is 0.500. The minimum absolute atomic E-state index is 0.0961. The van der Waals surface area contributed by atoms with E-state index < -0.39 is 29.2 Å². The Bertz CT molecular complexity index is 478. The maximum atomic E-state index is 12.9. The van der Waals surface area contributed by atoms with Crippen molar-refractivity contribution in [3.63, 3.8) is 0 Å². The third kappa shape index (κ3) is 4.43. The Morgan fingerprint density at radius 1 is 1.25 bits per heavy atom. The fourth-order valence-electron chi connectivity index (χ4n) is 1.79. The molecule has 0 saturated heterocycles. The summed E-state index contributed by atoms with van der Waals surface area (Å²) < 4.78 is 38.7. The van der Waals surface area contributed by atoms with Crippen LogP contribution in [0.2, 0.25) is 0 Å². The van der Waals surface area contributed by atoms with Gasteiger partial charge in [-0.05, 0) is 17.5 Å². The molecule has 0 amide bonds. The summed E-state index contributed by atoms with van der Waals surface area (Å²) in [4.78, 5) is 10.9. The predicted molar refractivity (Wildman–Crippen MR) is 70.6 cm³/mol. The van der Waals surface area contributed by atoms with Gasteiger partial charge in [-0.15, -0.1) is 0 Å². The van der Waals surface area contributed by atoms with Crippen molar-refractivity contribution in [1.82, 2.24) is 0 Å². The highest BCUT2D eigenvalue weighted by Crippen LogP contribution is 2.36. The number of nitrogens with one attached hydrogen (secondary N) is 1. The Hall–Kier alpha value is -1.72. The van der Waals surface area contributed by atoms with Crippen molar-refractivity contribution in [2.75, 3.05) is 5.32 Å².